The van der Waals surface area contributed by atoms with Gasteiger partial charge in [-0.1, -0.05) is 19.8 Å². The van der Waals surface area contributed by atoms with Crippen LogP contribution in [0.4, 0.5) is 0 Å². The highest BCUT2D eigenvalue weighted by atomic mass is 15.3. The molecule has 1 heterocycles. The Bertz CT molecular complexity index is 291. The van der Waals surface area contributed by atoms with E-state index in [1.165, 1.54) is 25.0 Å². The van der Waals surface area contributed by atoms with E-state index in [1.807, 2.05) is 6.92 Å². The molecular weight excluding hydrogens is 198 g/mol. The van der Waals surface area contributed by atoms with E-state index in [-0.39, 0.29) is 0 Å². The first-order chi connectivity index (χ1) is 7.74. The minimum absolute atomic E-state index is 1.03. The first-order valence-electron chi connectivity index (χ1n) is 6.46. The SMILES string of the molecule is CCCCCNCCCn1nc(C)cc1C. The van der Waals surface area contributed by atoms with Gasteiger partial charge in [-0.25, -0.2) is 0 Å². The highest BCUT2D eigenvalue weighted by Gasteiger charge is 1.99. The molecule has 3 heteroatoms. The number of hydrogen-bond acceptors (Lipinski definition) is 2. The minimum Gasteiger partial charge on any atom is -0.317 e. The molecule has 16 heavy (non-hydrogen) atoms. The molecule has 0 fully saturated rings. The number of unbranched alkanes of at least 4 members (excludes halogenated alkanes) is 2. The molecule has 0 saturated heterocycles. The third-order valence-corrected chi connectivity index (χ3v) is 2.78. The molecule has 1 N–H and O–H groups in total. The predicted molar refractivity (Wildman–Crippen MR) is 68.7 cm³/mol. The Hall–Kier alpha value is -0.830. The molecule has 92 valence electrons. The lowest BCUT2D eigenvalue weighted by atomic mass is 10.2. The maximum atomic E-state index is 4.45. The maximum Gasteiger partial charge on any atom is 0.0596 e. The quantitative estimate of drug-likeness (QED) is 0.687. The van der Waals surface area contributed by atoms with Crippen molar-refractivity contribution in [2.24, 2.45) is 0 Å². The van der Waals surface area contributed by atoms with Crippen molar-refractivity contribution in [3.63, 3.8) is 0 Å². The van der Waals surface area contributed by atoms with Crippen LogP contribution in [-0.2, 0) is 6.54 Å². The zero-order valence-corrected chi connectivity index (χ0v) is 10.9. The molecular formula is C13H25N3. The second-order valence-electron chi connectivity index (χ2n) is 4.46. The summed E-state index contributed by atoms with van der Waals surface area (Å²) in [5, 5.41) is 7.92. The smallest absolute Gasteiger partial charge is 0.0596 e. The van der Waals surface area contributed by atoms with E-state index in [1.54, 1.807) is 0 Å². The van der Waals surface area contributed by atoms with Crippen LogP contribution in [0.1, 0.15) is 44.0 Å². The second-order valence-corrected chi connectivity index (χ2v) is 4.46. The number of aryl methyl sites for hydroxylation is 3. The molecule has 1 aromatic heterocycles. The van der Waals surface area contributed by atoms with Crippen LogP contribution in [-0.4, -0.2) is 22.9 Å². The highest BCUT2D eigenvalue weighted by molar-refractivity contribution is 5.06. The number of rotatable bonds is 8. The van der Waals surface area contributed by atoms with Gasteiger partial charge in [-0.2, -0.15) is 5.10 Å². The van der Waals surface area contributed by atoms with Gasteiger partial charge in [-0.05, 0) is 45.8 Å². The van der Waals surface area contributed by atoms with Crippen molar-refractivity contribution in [2.75, 3.05) is 13.1 Å². The molecule has 3 nitrogen and oxygen atoms in total. The average molecular weight is 223 g/mol. The summed E-state index contributed by atoms with van der Waals surface area (Å²) in [4.78, 5) is 0. The zero-order valence-electron chi connectivity index (χ0n) is 10.9. The summed E-state index contributed by atoms with van der Waals surface area (Å²) in [5.41, 5.74) is 2.39. The predicted octanol–water partition coefficient (Wildman–Crippen LogP) is 2.67. The van der Waals surface area contributed by atoms with Gasteiger partial charge >= 0.3 is 0 Å². The molecule has 0 aromatic carbocycles. The van der Waals surface area contributed by atoms with Gasteiger partial charge in [0.05, 0.1) is 5.69 Å². The van der Waals surface area contributed by atoms with Gasteiger partial charge in [0, 0.05) is 12.2 Å². The van der Waals surface area contributed by atoms with Crippen LogP contribution < -0.4 is 5.32 Å². The van der Waals surface area contributed by atoms with E-state index in [9.17, 15) is 0 Å². The topological polar surface area (TPSA) is 29.9 Å². The summed E-state index contributed by atoms with van der Waals surface area (Å²) in [6.07, 6.45) is 5.10. The van der Waals surface area contributed by atoms with E-state index >= 15 is 0 Å². The van der Waals surface area contributed by atoms with E-state index in [0.29, 0.717) is 0 Å². The number of nitrogens with one attached hydrogen (secondary N) is 1. The van der Waals surface area contributed by atoms with Gasteiger partial charge in [-0.3, -0.25) is 4.68 Å². The van der Waals surface area contributed by atoms with Crippen molar-refractivity contribution in [1.82, 2.24) is 15.1 Å². The Morgan fingerprint density at radius 1 is 1.19 bits per heavy atom. The zero-order chi connectivity index (χ0) is 11.8. The van der Waals surface area contributed by atoms with Gasteiger partial charge in [0.2, 0.25) is 0 Å². The van der Waals surface area contributed by atoms with Crippen molar-refractivity contribution >= 4 is 0 Å². The molecule has 0 aliphatic carbocycles. The van der Waals surface area contributed by atoms with Crippen LogP contribution in [0.25, 0.3) is 0 Å². The lowest BCUT2D eigenvalue weighted by molar-refractivity contribution is 0.524. The summed E-state index contributed by atoms with van der Waals surface area (Å²) >= 11 is 0. The lowest BCUT2D eigenvalue weighted by Gasteiger charge is -2.06. The van der Waals surface area contributed by atoms with E-state index in [4.69, 9.17) is 0 Å². The first kappa shape index (κ1) is 13.2. The molecule has 0 bridgehead atoms. The normalized spacial score (nSPS) is 10.9. The molecule has 0 saturated carbocycles. The third-order valence-electron chi connectivity index (χ3n) is 2.78. The summed E-state index contributed by atoms with van der Waals surface area (Å²) < 4.78 is 2.10. The molecule has 1 aromatic rings. The van der Waals surface area contributed by atoms with Crippen LogP contribution in [0, 0.1) is 13.8 Å². The van der Waals surface area contributed by atoms with Crippen LogP contribution in [0.3, 0.4) is 0 Å². The van der Waals surface area contributed by atoms with Crippen LogP contribution in [0.15, 0.2) is 6.07 Å². The average Bonchev–Trinajstić information content (AvgIpc) is 2.56. The molecule has 0 amide bonds. The number of aromatic nitrogens is 2. The molecule has 0 aliphatic heterocycles. The molecule has 0 atom stereocenters. The van der Waals surface area contributed by atoms with E-state index in [0.717, 1.165) is 31.7 Å². The first-order valence-corrected chi connectivity index (χ1v) is 6.46. The van der Waals surface area contributed by atoms with Gasteiger partial charge in [0.15, 0.2) is 0 Å². The van der Waals surface area contributed by atoms with E-state index < -0.39 is 0 Å². The van der Waals surface area contributed by atoms with Crippen molar-refractivity contribution in [3.8, 4) is 0 Å². The summed E-state index contributed by atoms with van der Waals surface area (Å²) in [5.74, 6) is 0. The Balaban J connectivity index is 2.05. The highest BCUT2D eigenvalue weighted by Crippen LogP contribution is 2.02. The van der Waals surface area contributed by atoms with Gasteiger partial charge < -0.3 is 5.32 Å². The lowest BCUT2D eigenvalue weighted by Crippen LogP contribution is -2.18. The largest absolute Gasteiger partial charge is 0.317 e. The Morgan fingerprint density at radius 2 is 1.94 bits per heavy atom. The fourth-order valence-corrected chi connectivity index (χ4v) is 1.88. The number of nitrogens with zero attached hydrogens (tertiary/aromatic N) is 2. The fourth-order valence-electron chi connectivity index (χ4n) is 1.88. The third kappa shape index (κ3) is 4.79. The summed E-state index contributed by atoms with van der Waals surface area (Å²) in [6, 6.07) is 2.13. The molecule has 0 radical (unpaired) electrons. The Morgan fingerprint density at radius 3 is 2.56 bits per heavy atom. The Kier molecular flexibility index (Phi) is 6.16. The van der Waals surface area contributed by atoms with Crippen LogP contribution in [0.5, 0.6) is 0 Å². The van der Waals surface area contributed by atoms with Gasteiger partial charge in [-0.15, -0.1) is 0 Å². The Labute approximate surface area is 99.2 Å². The minimum atomic E-state index is 1.03. The van der Waals surface area contributed by atoms with Gasteiger partial charge in [0.1, 0.15) is 0 Å². The van der Waals surface area contributed by atoms with Crippen LogP contribution >= 0.6 is 0 Å². The summed E-state index contributed by atoms with van der Waals surface area (Å²) in [7, 11) is 0. The molecule has 0 spiro atoms. The van der Waals surface area contributed by atoms with Crippen molar-refractivity contribution in [3.05, 3.63) is 17.5 Å². The van der Waals surface area contributed by atoms with Gasteiger partial charge in [0.25, 0.3) is 0 Å². The maximum absolute atomic E-state index is 4.45. The van der Waals surface area contributed by atoms with E-state index in [2.05, 4.69) is 35.0 Å². The number of hydrogen-bond donors (Lipinski definition) is 1. The standard InChI is InChI=1S/C13H25N3/c1-4-5-6-8-14-9-7-10-16-13(3)11-12(2)15-16/h11,14H,4-10H2,1-3H3. The fraction of sp³-hybridized carbons (Fsp3) is 0.769. The molecule has 0 unspecified atom stereocenters. The molecule has 1 rings (SSSR count). The van der Waals surface area contributed by atoms with Crippen molar-refractivity contribution in [2.45, 2.75) is 53.0 Å². The summed E-state index contributed by atoms with van der Waals surface area (Å²) in [6.45, 7) is 9.69. The molecule has 0 aliphatic rings. The second kappa shape index (κ2) is 7.44. The van der Waals surface area contributed by atoms with Crippen LogP contribution in [0.2, 0.25) is 0 Å². The van der Waals surface area contributed by atoms with Crippen molar-refractivity contribution < 1.29 is 0 Å². The van der Waals surface area contributed by atoms with Crippen molar-refractivity contribution in [1.29, 1.82) is 0 Å². The monoisotopic (exact) mass is 223 g/mol.